The second kappa shape index (κ2) is 11.0. The summed E-state index contributed by atoms with van der Waals surface area (Å²) < 4.78 is 13.7. The quantitative estimate of drug-likeness (QED) is 0.409. The van der Waals surface area contributed by atoms with E-state index >= 15 is 0 Å². The molecule has 0 saturated carbocycles. The van der Waals surface area contributed by atoms with Gasteiger partial charge in [0.05, 0.1) is 6.04 Å². The molecular weight excluding hydrogens is 437 g/mol. The van der Waals surface area contributed by atoms with E-state index in [9.17, 15) is 9.18 Å². The van der Waals surface area contributed by atoms with Gasteiger partial charge in [-0.25, -0.2) is 4.39 Å². The molecule has 35 heavy (non-hydrogen) atoms. The number of hydrogen-bond acceptors (Lipinski definition) is 3. The van der Waals surface area contributed by atoms with Crippen molar-refractivity contribution in [2.75, 3.05) is 31.6 Å². The van der Waals surface area contributed by atoms with E-state index in [1.165, 1.54) is 22.6 Å². The predicted molar refractivity (Wildman–Crippen MR) is 141 cm³/mol. The maximum absolute atomic E-state index is 13.7. The fourth-order valence-electron chi connectivity index (χ4n) is 5.05. The maximum atomic E-state index is 13.7. The van der Waals surface area contributed by atoms with Crippen LogP contribution >= 0.6 is 0 Å². The standard InChI is InChI=1S/C30H34FN3O/c1-5-17-33-20-23(3)34(21-22(33)2)29(24-11-7-6-8-12-24)25-13-9-14-26(18-25)30(35)32(4)28-16-10-15-27(31)19-28/h5-16,18-19,22-23,29H,1,17,20-21H2,2-4H3/t22-,23+,29+/m1/s1. The van der Waals surface area contributed by atoms with Gasteiger partial charge >= 0.3 is 0 Å². The van der Waals surface area contributed by atoms with Gasteiger partial charge in [-0.3, -0.25) is 14.6 Å². The van der Waals surface area contributed by atoms with Gasteiger partial charge in [-0.15, -0.1) is 6.58 Å². The second-order valence-electron chi connectivity index (χ2n) is 9.42. The van der Waals surface area contributed by atoms with Crippen molar-refractivity contribution in [3.63, 3.8) is 0 Å². The minimum atomic E-state index is -0.362. The number of piperazine rings is 1. The van der Waals surface area contributed by atoms with Gasteiger partial charge in [0.1, 0.15) is 5.82 Å². The Balaban J connectivity index is 1.68. The van der Waals surface area contributed by atoms with Gasteiger partial charge < -0.3 is 4.90 Å². The van der Waals surface area contributed by atoms with E-state index in [1.807, 2.05) is 30.3 Å². The highest BCUT2D eigenvalue weighted by atomic mass is 19.1. The molecule has 4 nitrogen and oxygen atoms in total. The molecule has 1 aliphatic rings. The summed E-state index contributed by atoms with van der Waals surface area (Å²) in [5.74, 6) is -0.528. The van der Waals surface area contributed by atoms with Gasteiger partial charge in [0.2, 0.25) is 0 Å². The SMILES string of the molecule is C=CCN1C[C@H](C)N([C@@H](c2ccccc2)c2cccc(C(=O)N(C)c3cccc(F)c3)c2)C[C@H]1C. The molecule has 1 saturated heterocycles. The molecule has 0 radical (unpaired) electrons. The van der Waals surface area contributed by atoms with E-state index in [4.69, 9.17) is 0 Å². The molecule has 1 heterocycles. The van der Waals surface area contributed by atoms with Gasteiger partial charge in [0, 0.05) is 50.0 Å². The third-order valence-electron chi connectivity index (χ3n) is 6.92. The number of anilines is 1. The Labute approximate surface area is 208 Å². The van der Waals surface area contributed by atoms with Crippen molar-refractivity contribution in [1.82, 2.24) is 9.80 Å². The summed E-state index contributed by atoms with van der Waals surface area (Å²) >= 11 is 0. The van der Waals surface area contributed by atoms with Crippen LogP contribution in [0.5, 0.6) is 0 Å². The number of nitrogens with zero attached hydrogens (tertiary/aromatic N) is 3. The minimum absolute atomic E-state index is 0.0201. The van der Waals surface area contributed by atoms with Crippen LogP contribution in [0.4, 0.5) is 10.1 Å². The molecular formula is C30H34FN3O. The summed E-state index contributed by atoms with van der Waals surface area (Å²) in [6.45, 7) is 11.2. The third kappa shape index (κ3) is 5.53. The Kier molecular flexibility index (Phi) is 7.79. The zero-order chi connectivity index (χ0) is 24.9. The number of amides is 1. The number of rotatable bonds is 7. The van der Waals surface area contributed by atoms with Crippen molar-refractivity contribution in [2.24, 2.45) is 0 Å². The number of halogens is 1. The average Bonchev–Trinajstić information content (AvgIpc) is 2.87. The van der Waals surface area contributed by atoms with Crippen LogP contribution in [-0.2, 0) is 0 Å². The maximum Gasteiger partial charge on any atom is 0.258 e. The van der Waals surface area contributed by atoms with Crippen LogP contribution in [-0.4, -0.2) is 54.5 Å². The first-order valence-corrected chi connectivity index (χ1v) is 12.2. The fourth-order valence-corrected chi connectivity index (χ4v) is 5.05. The molecule has 1 fully saturated rings. The summed E-state index contributed by atoms with van der Waals surface area (Å²) in [5.41, 5.74) is 3.39. The summed E-state index contributed by atoms with van der Waals surface area (Å²) in [5, 5.41) is 0. The molecule has 5 heteroatoms. The van der Waals surface area contributed by atoms with E-state index < -0.39 is 0 Å². The van der Waals surface area contributed by atoms with Crippen LogP contribution in [0.3, 0.4) is 0 Å². The summed E-state index contributed by atoms with van der Waals surface area (Å²) in [6, 6.07) is 25.2. The number of benzene rings is 3. The van der Waals surface area contributed by atoms with Crippen LogP contribution in [0, 0.1) is 5.82 Å². The minimum Gasteiger partial charge on any atom is -0.311 e. The molecule has 0 N–H and O–H groups in total. The van der Waals surface area contributed by atoms with Gasteiger partial charge in [-0.1, -0.05) is 54.6 Å². The van der Waals surface area contributed by atoms with Crippen LogP contribution in [0.2, 0.25) is 0 Å². The molecule has 0 aromatic heterocycles. The van der Waals surface area contributed by atoms with Crippen LogP contribution in [0.25, 0.3) is 0 Å². The highest BCUT2D eigenvalue weighted by Gasteiger charge is 2.34. The molecule has 3 aromatic carbocycles. The molecule has 3 atom stereocenters. The Morgan fingerprint density at radius 2 is 1.71 bits per heavy atom. The molecule has 3 aromatic rings. The van der Waals surface area contributed by atoms with Crippen LogP contribution in [0.15, 0.2) is 91.5 Å². The van der Waals surface area contributed by atoms with E-state index in [1.54, 1.807) is 19.2 Å². The molecule has 1 amide bonds. The topological polar surface area (TPSA) is 26.8 Å². The first-order valence-electron chi connectivity index (χ1n) is 12.2. The Morgan fingerprint density at radius 3 is 2.43 bits per heavy atom. The van der Waals surface area contributed by atoms with Crippen molar-refractivity contribution in [3.8, 4) is 0 Å². The van der Waals surface area contributed by atoms with Crippen LogP contribution < -0.4 is 4.90 Å². The predicted octanol–water partition coefficient (Wildman–Crippen LogP) is 5.77. The zero-order valence-electron chi connectivity index (χ0n) is 20.8. The van der Waals surface area contributed by atoms with Crippen molar-refractivity contribution >= 4 is 11.6 Å². The molecule has 4 rings (SSSR count). The average molecular weight is 472 g/mol. The Bertz CT molecular complexity index is 1170. The Morgan fingerprint density at radius 1 is 1.00 bits per heavy atom. The highest BCUT2D eigenvalue weighted by Crippen LogP contribution is 2.34. The van der Waals surface area contributed by atoms with E-state index in [2.05, 4.69) is 60.6 Å². The molecule has 1 aliphatic heterocycles. The van der Waals surface area contributed by atoms with Gasteiger partial charge in [0.15, 0.2) is 0 Å². The van der Waals surface area contributed by atoms with Gasteiger partial charge in [0.25, 0.3) is 5.91 Å². The van der Waals surface area contributed by atoms with E-state index in [0.29, 0.717) is 23.3 Å². The van der Waals surface area contributed by atoms with E-state index in [-0.39, 0.29) is 17.8 Å². The lowest BCUT2D eigenvalue weighted by Gasteiger charge is -2.47. The van der Waals surface area contributed by atoms with Crippen molar-refractivity contribution < 1.29 is 9.18 Å². The molecule has 0 bridgehead atoms. The van der Waals surface area contributed by atoms with Gasteiger partial charge in [-0.05, 0) is 55.3 Å². The third-order valence-corrected chi connectivity index (χ3v) is 6.92. The summed E-state index contributed by atoms with van der Waals surface area (Å²) in [4.78, 5) is 19.9. The molecule has 0 aliphatic carbocycles. The van der Waals surface area contributed by atoms with Crippen molar-refractivity contribution in [2.45, 2.75) is 32.0 Å². The zero-order valence-corrected chi connectivity index (χ0v) is 20.8. The van der Waals surface area contributed by atoms with Gasteiger partial charge in [-0.2, -0.15) is 0 Å². The van der Waals surface area contributed by atoms with E-state index in [0.717, 1.165) is 25.2 Å². The first-order chi connectivity index (χ1) is 16.9. The number of carbonyl (C=O) groups excluding carboxylic acids is 1. The lowest BCUT2D eigenvalue weighted by Crippen LogP contribution is -2.57. The number of hydrogen-bond donors (Lipinski definition) is 0. The fraction of sp³-hybridized carbons (Fsp3) is 0.300. The lowest BCUT2D eigenvalue weighted by atomic mass is 9.92. The first kappa shape index (κ1) is 24.8. The Hall–Kier alpha value is -3.28. The van der Waals surface area contributed by atoms with Crippen molar-refractivity contribution in [3.05, 3.63) is 114 Å². The monoisotopic (exact) mass is 471 g/mol. The van der Waals surface area contributed by atoms with Crippen LogP contribution in [0.1, 0.15) is 41.4 Å². The molecule has 0 spiro atoms. The molecule has 0 unspecified atom stereocenters. The summed E-state index contributed by atoms with van der Waals surface area (Å²) in [7, 11) is 1.68. The molecule has 182 valence electrons. The lowest BCUT2D eigenvalue weighted by molar-refractivity contribution is 0.0306. The summed E-state index contributed by atoms with van der Waals surface area (Å²) in [6.07, 6.45) is 1.97. The normalized spacial score (nSPS) is 19.8. The largest absolute Gasteiger partial charge is 0.311 e. The smallest absolute Gasteiger partial charge is 0.258 e. The second-order valence-corrected chi connectivity index (χ2v) is 9.42. The number of carbonyl (C=O) groups is 1. The van der Waals surface area contributed by atoms with Crippen molar-refractivity contribution in [1.29, 1.82) is 0 Å². The highest BCUT2D eigenvalue weighted by molar-refractivity contribution is 6.05.